The van der Waals surface area contributed by atoms with E-state index in [1.54, 1.807) is 19.9 Å². The van der Waals surface area contributed by atoms with E-state index in [0.29, 0.717) is 29.2 Å². The number of aryl methyl sites for hydroxylation is 2. The van der Waals surface area contributed by atoms with E-state index in [4.69, 9.17) is 8.94 Å². The molecule has 0 aliphatic carbocycles. The maximum Gasteiger partial charge on any atom is 0.238 e. The minimum absolute atomic E-state index is 0.148. The van der Waals surface area contributed by atoms with Gasteiger partial charge in [0, 0.05) is 13.0 Å². The van der Waals surface area contributed by atoms with Gasteiger partial charge in [0.25, 0.3) is 0 Å². The molecule has 0 spiro atoms. The van der Waals surface area contributed by atoms with Crippen LogP contribution in [0.5, 0.6) is 0 Å². The van der Waals surface area contributed by atoms with Gasteiger partial charge in [-0.05, 0) is 19.3 Å². The molecule has 21 heavy (non-hydrogen) atoms. The topological polar surface area (TPSA) is 94.1 Å². The standard InChI is InChI=1S/C14H20N4O3/c1-8(2)5-12(14-17-16-10(4)20-14)15-13(19)7-11-6-9(3)21-18-11/h6,8,12H,5,7H2,1-4H3,(H,15,19). The molecule has 0 bridgehead atoms. The fraction of sp³-hybridized carbons (Fsp3) is 0.571. The van der Waals surface area contributed by atoms with Crippen LogP contribution in [0.4, 0.5) is 0 Å². The van der Waals surface area contributed by atoms with Crippen molar-refractivity contribution >= 4 is 5.91 Å². The molecule has 0 saturated heterocycles. The number of hydrogen-bond donors (Lipinski definition) is 1. The predicted octanol–water partition coefficient (Wildman–Crippen LogP) is 2.12. The number of amides is 1. The number of nitrogens with zero attached hydrogens (tertiary/aromatic N) is 3. The third-order valence-corrected chi connectivity index (χ3v) is 2.90. The van der Waals surface area contributed by atoms with Crippen molar-refractivity contribution in [3.05, 3.63) is 29.3 Å². The molecule has 2 rings (SSSR count). The van der Waals surface area contributed by atoms with Crippen molar-refractivity contribution in [2.75, 3.05) is 0 Å². The van der Waals surface area contributed by atoms with E-state index in [1.165, 1.54) is 0 Å². The number of carbonyl (C=O) groups excluding carboxylic acids is 1. The quantitative estimate of drug-likeness (QED) is 0.876. The van der Waals surface area contributed by atoms with Crippen LogP contribution in [0.2, 0.25) is 0 Å². The fourth-order valence-corrected chi connectivity index (χ4v) is 2.06. The van der Waals surface area contributed by atoms with Crippen molar-refractivity contribution in [3.8, 4) is 0 Å². The van der Waals surface area contributed by atoms with Gasteiger partial charge in [-0.2, -0.15) is 0 Å². The van der Waals surface area contributed by atoms with Gasteiger partial charge in [0.05, 0.1) is 12.1 Å². The Morgan fingerprint density at radius 2 is 2.10 bits per heavy atom. The summed E-state index contributed by atoms with van der Waals surface area (Å²) in [5.74, 6) is 1.84. The maximum atomic E-state index is 12.1. The first-order valence-corrected chi connectivity index (χ1v) is 6.95. The monoisotopic (exact) mass is 292 g/mol. The highest BCUT2D eigenvalue weighted by Gasteiger charge is 2.22. The van der Waals surface area contributed by atoms with Crippen LogP contribution in [0.3, 0.4) is 0 Å². The van der Waals surface area contributed by atoms with Gasteiger partial charge in [-0.1, -0.05) is 19.0 Å². The number of hydrogen-bond acceptors (Lipinski definition) is 6. The molecule has 1 unspecified atom stereocenters. The van der Waals surface area contributed by atoms with Crippen molar-refractivity contribution in [3.63, 3.8) is 0 Å². The van der Waals surface area contributed by atoms with Gasteiger partial charge in [0.1, 0.15) is 11.8 Å². The van der Waals surface area contributed by atoms with E-state index in [-0.39, 0.29) is 18.4 Å². The van der Waals surface area contributed by atoms with E-state index in [2.05, 4.69) is 34.5 Å². The van der Waals surface area contributed by atoms with Crippen molar-refractivity contribution in [2.45, 2.75) is 46.6 Å². The lowest BCUT2D eigenvalue weighted by Crippen LogP contribution is -2.31. The smallest absolute Gasteiger partial charge is 0.238 e. The molecule has 1 N–H and O–H groups in total. The molecular weight excluding hydrogens is 272 g/mol. The molecule has 1 atom stereocenters. The highest BCUT2D eigenvalue weighted by Crippen LogP contribution is 2.20. The summed E-state index contributed by atoms with van der Waals surface area (Å²) in [7, 11) is 0. The first-order valence-electron chi connectivity index (χ1n) is 6.95. The van der Waals surface area contributed by atoms with Crippen LogP contribution >= 0.6 is 0 Å². The molecular formula is C14H20N4O3. The zero-order valence-corrected chi connectivity index (χ0v) is 12.7. The van der Waals surface area contributed by atoms with Gasteiger partial charge in [-0.3, -0.25) is 4.79 Å². The molecule has 0 aliphatic rings. The third kappa shape index (κ3) is 4.40. The number of carbonyl (C=O) groups is 1. The SMILES string of the molecule is Cc1cc(CC(=O)NC(CC(C)C)c2nnc(C)o2)no1. The minimum Gasteiger partial charge on any atom is -0.423 e. The van der Waals surface area contributed by atoms with Gasteiger partial charge in [-0.15, -0.1) is 10.2 Å². The van der Waals surface area contributed by atoms with E-state index in [1.807, 2.05) is 0 Å². The Labute approximate surface area is 123 Å². The zero-order valence-electron chi connectivity index (χ0n) is 12.7. The van der Waals surface area contributed by atoms with Crippen LogP contribution in [0.25, 0.3) is 0 Å². The maximum absolute atomic E-state index is 12.1. The van der Waals surface area contributed by atoms with E-state index in [0.717, 1.165) is 6.42 Å². The second kappa shape index (κ2) is 6.51. The average molecular weight is 292 g/mol. The largest absolute Gasteiger partial charge is 0.423 e. The summed E-state index contributed by atoms with van der Waals surface area (Å²) in [6.07, 6.45) is 0.893. The molecule has 0 saturated carbocycles. The summed E-state index contributed by atoms with van der Waals surface area (Å²) < 4.78 is 10.4. The van der Waals surface area contributed by atoms with E-state index in [9.17, 15) is 4.79 Å². The third-order valence-electron chi connectivity index (χ3n) is 2.90. The van der Waals surface area contributed by atoms with Crippen molar-refractivity contribution < 1.29 is 13.7 Å². The number of nitrogens with one attached hydrogen (secondary N) is 1. The van der Waals surface area contributed by atoms with Gasteiger partial charge in [0.15, 0.2) is 0 Å². The van der Waals surface area contributed by atoms with Gasteiger partial charge in [0.2, 0.25) is 17.7 Å². The first kappa shape index (κ1) is 15.2. The number of rotatable bonds is 6. The van der Waals surface area contributed by atoms with Crippen LogP contribution in [-0.2, 0) is 11.2 Å². The molecule has 7 nitrogen and oxygen atoms in total. The van der Waals surface area contributed by atoms with Crippen molar-refractivity contribution in [1.82, 2.24) is 20.7 Å². The molecule has 0 fully saturated rings. The van der Waals surface area contributed by atoms with Crippen LogP contribution in [0.1, 0.15) is 49.5 Å². The summed E-state index contributed by atoms with van der Waals surface area (Å²) in [4.78, 5) is 12.1. The van der Waals surface area contributed by atoms with Crippen molar-refractivity contribution in [2.24, 2.45) is 5.92 Å². The Balaban J connectivity index is 2.02. The Morgan fingerprint density at radius 1 is 1.33 bits per heavy atom. The molecule has 2 heterocycles. The van der Waals surface area contributed by atoms with Crippen LogP contribution in [0, 0.1) is 19.8 Å². The second-order valence-corrected chi connectivity index (χ2v) is 5.51. The first-order chi connectivity index (χ1) is 9.94. The lowest BCUT2D eigenvalue weighted by molar-refractivity contribution is -0.121. The Kier molecular flexibility index (Phi) is 4.72. The Bertz CT molecular complexity index is 603. The highest BCUT2D eigenvalue weighted by atomic mass is 16.5. The summed E-state index contributed by atoms with van der Waals surface area (Å²) >= 11 is 0. The van der Waals surface area contributed by atoms with Gasteiger partial charge in [-0.25, -0.2) is 0 Å². The molecule has 0 radical (unpaired) electrons. The Morgan fingerprint density at radius 3 is 2.62 bits per heavy atom. The summed E-state index contributed by atoms with van der Waals surface area (Å²) in [6, 6.07) is 1.46. The summed E-state index contributed by atoms with van der Waals surface area (Å²) in [5.41, 5.74) is 0.606. The van der Waals surface area contributed by atoms with Crippen LogP contribution in [-0.4, -0.2) is 21.3 Å². The molecule has 114 valence electrons. The van der Waals surface area contributed by atoms with Crippen molar-refractivity contribution in [1.29, 1.82) is 0 Å². The highest BCUT2D eigenvalue weighted by molar-refractivity contribution is 5.78. The summed E-state index contributed by atoms with van der Waals surface area (Å²) in [5, 5.41) is 14.5. The molecule has 0 aliphatic heterocycles. The average Bonchev–Trinajstić information content (AvgIpc) is 2.97. The van der Waals surface area contributed by atoms with E-state index >= 15 is 0 Å². The lowest BCUT2D eigenvalue weighted by Gasteiger charge is -2.16. The fourth-order valence-electron chi connectivity index (χ4n) is 2.06. The Hall–Kier alpha value is -2.18. The van der Waals surface area contributed by atoms with E-state index < -0.39 is 0 Å². The van der Waals surface area contributed by atoms with Crippen LogP contribution < -0.4 is 5.32 Å². The molecule has 2 aromatic rings. The minimum atomic E-state index is -0.285. The predicted molar refractivity (Wildman–Crippen MR) is 74.3 cm³/mol. The van der Waals surface area contributed by atoms with Gasteiger partial charge < -0.3 is 14.3 Å². The molecule has 0 aromatic carbocycles. The molecule has 2 aromatic heterocycles. The zero-order chi connectivity index (χ0) is 15.4. The van der Waals surface area contributed by atoms with Crippen LogP contribution in [0.15, 0.2) is 15.0 Å². The molecule has 7 heteroatoms. The second-order valence-electron chi connectivity index (χ2n) is 5.51. The number of aromatic nitrogens is 3. The lowest BCUT2D eigenvalue weighted by atomic mass is 10.0. The molecule has 1 amide bonds. The normalized spacial score (nSPS) is 12.6. The van der Waals surface area contributed by atoms with Gasteiger partial charge >= 0.3 is 0 Å². The summed E-state index contributed by atoms with van der Waals surface area (Å²) in [6.45, 7) is 7.66.